The molecule has 0 bridgehead atoms. The minimum atomic E-state index is -1.30. The molecule has 172 valence electrons. The van der Waals surface area contributed by atoms with Crippen LogP contribution in [0.25, 0.3) is 0 Å². The normalized spacial score (nSPS) is 42.5. The number of carbonyl (C=O) groups is 1. The van der Waals surface area contributed by atoms with E-state index >= 15 is 0 Å². The third-order valence-electron chi connectivity index (χ3n) is 7.35. The molecule has 0 radical (unpaired) electrons. The highest BCUT2D eigenvalue weighted by Crippen LogP contribution is 2.54. The minimum absolute atomic E-state index is 0.263. The van der Waals surface area contributed by atoms with Crippen LogP contribution in [0.4, 0.5) is 0 Å². The van der Waals surface area contributed by atoms with E-state index in [-0.39, 0.29) is 11.3 Å². The van der Waals surface area contributed by atoms with Crippen molar-refractivity contribution in [2.45, 2.75) is 90.9 Å². The number of rotatable bonds is 5. The summed E-state index contributed by atoms with van der Waals surface area (Å²) in [5, 5.41) is 32.7. The topological polar surface area (TPSA) is 108 Å². The van der Waals surface area contributed by atoms with Crippen molar-refractivity contribution in [2.75, 3.05) is 13.2 Å². The molecule has 3 rings (SSSR count). The van der Waals surface area contributed by atoms with Crippen LogP contribution in [0.3, 0.4) is 0 Å². The number of aliphatic hydroxyl groups is 3. The number of carbonyl (C=O) groups excluding carboxylic acids is 1. The first kappa shape index (κ1) is 23.7. The fourth-order valence-corrected chi connectivity index (χ4v) is 5.78. The lowest BCUT2D eigenvalue weighted by molar-refractivity contribution is -0.267. The van der Waals surface area contributed by atoms with Gasteiger partial charge in [-0.3, -0.25) is 4.79 Å². The van der Waals surface area contributed by atoms with E-state index in [0.29, 0.717) is 18.4 Å². The van der Waals surface area contributed by atoms with Crippen LogP contribution in [-0.4, -0.2) is 65.1 Å². The average molecular weight is 426 g/mol. The molecule has 1 heterocycles. The number of aliphatic hydroxyl groups excluding tert-OH is 3. The third-order valence-corrected chi connectivity index (χ3v) is 7.35. The minimum Gasteiger partial charge on any atom is -0.394 e. The van der Waals surface area contributed by atoms with Gasteiger partial charge in [0.05, 0.1) is 13.2 Å². The fourth-order valence-electron chi connectivity index (χ4n) is 5.78. The summed E-state index contributed by atoms with van der Waals surface area (Å²) < 4.78 is 11.7. The summed E-state index contributed by atoms with van der Waals surface area (Å²) in [6.07, 6.45) is 0.304. The molecule has 0 aromatic rings. The molecular formula is C23H39NO6. The monoisotopic (exact) mass is 425 g/mol. The summed E-state index contributed by atoms with van der Waals surface area (Å²) in [5.41, 5.74) is 2.92. The molecule has 2 aliphatic carbocycles. The van der Waals surface area contributed by atoms with Gasteiger partial charge in [-0.2, -0.15) is 0 Å². The highest BCUT2D eigenvalue weighted by molar-refractivity contribution is 5.73. The number of hydrogen-bond donors (Lipinski definition) is 4. The maximum absolute atomic E-state index is 11.6. The molecule has 0 spiro atoms. The Labute approximate surface area is 179 Å². The average Bonchev–Trinajstić information content (AvgIpc) is 3.03. The second-order valence-electron chi connectivity index (χ2n) is 10.4. The first-order valence-corrected chi connectivity index (χ1v) is 11.2. The highest BCUT2D eigenvalue weighted by Gasteiger charge is 2.46. The molecule has 8 atom stereocenters. The molecule has 1 amide bonds. The second kappa shape index (κ2) is 9.25. The van der Waals surface area contributed by atoms with E-state index in [9.17, 15) is 20.1 Å². The van der Waals surface area contributed by atoms with Crippen molar-refractivity contribution in [3.05, 3.63) is 11.1 Å². The van der Waals surface area contributed by atoms with Crippen LogP contribution in [0.15, 0.2) is 11.1 Å². The van der Waals surface area contributed by atoms with Gasteiger partial charge in [0.15, 0.2) is 6.29 Å². The Morgan fingerprint density at radius 2 is 1.93 bits per heavy atom. The number of hydrogen-bond acceptors (Lipinski definition) is 6. The molecule has 3 unspecified atom stereocenters. The number of fused-ring (bicyclic) bond motifs is 1. The molecule has 4 N–H and O–H groups in total. The molecule has 1 saturated heterocycles. The van der Waals surface area contributed by atoms with Gasteiger partial charge in [-0.15, -0.1) is 0 Å². The molecule has 0 aromatic heterocycles. The standard InChI is InChI=1S/C23H39NO6/c1-12-6-7-15-16(12)8-23(4,5)9-17(15)13(2)11-29-22-19(24-14(3)26)21(28)20(27)18(10-25)30-22/h12,15-16,18-22,25,27-28H,6-11H2,1-5H3,(H,24,26)/b17-13+/t12?,15?,16?,18-,19-,20-,21-,22+/m1/s1. The number of amides is 1. The summed E-state index contributed by atoms with van der Waals surface area (Å²) in [5.74, 6) is 1.71. The Balaban J connectivity index is 1.76. The predicted molar refractivity (Wildman–Crippen MR) is 112 cm³/mol. The molecule has 30 heavy (non-hydrogen) atoms. The van der Waals surface area contributed by atoms with Gasteiger partial charge in [0.25, 0.3) is 0 Å². The Hall–Kier alpha value is -0.990. The van der Waals surface area contributed by atoms with Crippen LogP contribution in [0, 0.1) is 23.2 Å². The van der Waals surface area contributed by atoms with Gasteiger partial charge < -0.3 is 30.1 Å². The summed E-state index contributed by atoms with van der Waals surface area (Å²) in [4.78, 5) is 11.6. The van der Waals surface area contributed by atoms with Crippen LogP contribution in [0.5, 0.6) is 0 Å². The van der Waals surface area contributed by atoms with Gasteiger partial charge in [-0.25, -0.2) is 0 Å². The van der Waals surface area contributed by atoms with E-state index in [1.165, 1.54) is 37.3 Å². The van der Waals surface area contributed by atoms with Crippen molar-refractivity contribution in [3.63, 3.8) is 0 Å². The number of allylic oxidation sites excluding steroid dienone is 1. The highest BCUT2D eigenvalue weighted by atomic mass is 16.7. The summed E-state index contributed by atoms with van der Waals surface area (Å²) in [6.45, 7) is 10.4. The van der Waals surface area contributed by atoms with E-state index in [1.54, 1.807) is 0 Å². The van der Waals surface area contributed by atoms with Crippen LogP contribution >= 0.6 is 0 Å². The molecule has 3 fully saturated rings. The van der Waals surface area contributed by atoms with Gasteiger partial charge in [0, 0.05) is 6.92 Å². The Morgan fingerprint density at radius 1 is 1.23 bits per heavy atom. The third kappa shape index (κ3) is 4.91. The van der Waals surface area contributed by atoms with Gasteiger partial charge >= 0.3 is 0 Å². The van der Waals surface area contributed by atoms with Crippen LogP contribution in [0.1, 0.15) is 60.3 Å². The SMILES string of the molecule is CC(=O)N[C@H]1[C@@H](OC/C(C)=C2\CC(C)(C)CC3C(C)CCC23)O[C@H](CO)[C@@H](O)[C@@H]1O. The van der Waals surface area contributed by atoms with E-state index in [4.69, 9.17) is 9.47 Å². The predicted octanol–water partition coefficient (Wildman–Crippen LogP) is 1.75. The largest absolute Gasteiger partial charge is 0.394 e. The van der Waals surface area contributed by atoms with E-state index < -0.39 is 37.3 Å². The summed E-state index contributed by atoms with van der Waals surface area (Å²) >= 11 is 0. The lowest BCUT2D eigenvalue weighted by atomic mass is 9.63. The summed E-state index contributed by atoms with van der Waals surface area (Å²) in [6, 6.07) is -0.903. The zero-order chi connectivity index (χ0) is 22.2. The molecule has 2 saturated carbocycles. The molecule has 7 nitrogen and oxygen atoms in total. The van der Waals surface area contributed by atoms with Crippen molar-refractivity contribution >= 4 is 5.91 Å². The molecule has 1 aliphatic heterocycles. The van der Waals surface area contributed by atoms with Crippen molar-refractivity contribution < 1.29 is 29.6 Å². The van der Waals surface area contributed by atoms with Crippen LogP contribution in [-0.2, 0) is 14.3 Å². The van der Waals surface area contributed by atoms with Crippen molar-refractivity contribution in [3.8, 4) is 0 Å². The number of nitrogens with one attached hydrogen (secondary N) is 1. The zero-order valence-corrected chi connectivity index (χ0v) is 18.9. The molecule has 0 aromatic carbocycles. The Kier molecular flexibility index (Phi) is 7.30. The van der Waals surface area contributed by atoms with Crippen LogP contribution in [0.2, 0.25) is 0 Å². The van der Waals surface area contributed by atoms with Gasteiger partial charge in [0.1, 0.15) is 24.4 Å². The van der Waals surface area contributed by atoms with E-state index in [1.807, 2.05) is 0 Å². The van der Waals surface area contributed by atoms with Crippen LogP contribution < -0.4 is 5.32 Å². The van der Waals surface area contributed by atoms with E-state index in [2.05, 4.69) is 33.0 Å². The summed E-state index contributed by atoms with van der Waals surface area (Å²) in [7, 11) is 0. The fraction of sp³-hybridized carbons (Fsp3) is 0.870. The first-order valence-electron chi connectivity index (χ1n) is 11.2. The quantitative estimate of drug-likeness (QED) is 0.500. The molecule has 3 aliphatic rings. The van der Waals surface area contributed by atoms with Crippen molar-refractivity contribution in [2.24, 2.45) is 23.2 Å². The van der Waals surface area contributed by atoms with E-state index in [0.717, 1.165) is 12.3 Å². The van der Waals surface area contributed by atoms with Gasteiger partial charge in [0.2, 0.25) is 5.91 Å². The smallest absolute Gasteiger partial charge is 0.217 e. The lowest BCUT2D eigenvalue weighted by Crippen LogP contribution is -2.64. The zero-order valence-electron chi connectivity index (χ0n) is 18.9. The van der Waals surface area contributed by atoms with Crippen molar-refractivity contribution in [1.29, 1.82) is 0 Å². The molecule has 7 heteroatoms. The first-order chi connectivity index (χ1) is 14.0. The molecular weight excluding hydrogens is 386 g/mol. The maximum atomic E-state index is 11.6. The number of ether oxygens (including phenoxy) is 2. The Bertz CT molecular complexity index is 662. The van der Waals surface area contributed by atoms with Gasteiger partial charge in [-0.1, -0.05) is 26.3 Å². The maximum Gasteiger partial charge on any atom is 0.217 e. The van der Waals surface area contributed by atoms with Gasteiger partial charge in [-0.05, 0) is 61.3 Å². The van der Waals surface area contributed by atoms with Crippen molar-refractivity contribution in [1.82, 2.24) is 5.32 Å². The second-order valence-corrected chi connectivity index (χ2v) is 10.4. The lowest BCUT2D eigenvalue weighted by Gasteiger charge is -2.43. The Morgan fingerprint density at radius 3 is 2.57 bits per heavy atom.